The van der Waals surface area contributed by atoms with Gasteiger partial charge in [0.15, 0.2) is 0 Å². The van der Waals surface area contributed by atoms with E-state index in [1.54, 1.807) is 12.4 Å². The minimum absolute atomic E-state index is 0.235. The fraction of sp³-hybridized carbons (Fsp3) is 0.500. The van der Waals surface area contributed by atoms with Crippen molar-refractivity contribution in [2.45, 2.75) is 31.7 Å². The lowest BCUT2D eigenvalue weighted by atomic mass is 10.2. The first-order chi connectivity index (χ1) is 6.67. The molecule has 0 spiro atoms. The van der Waals surface area contributed by atoms with Crippen LogP contribution in [0.2, 0.25) is 5.02 Å². The first-order valence-corrected chi connectivity index (χ1v) is 5.22. The Balaban J connectivity index is 2.24. The number of pyridine rings is 1. The van der Waals surface area contributed by atoms with Gasteiger partial charge in [-0.05, 0) is 19.3 Å². The summed E-state index contributed by atoms with van der Waals surface area (Å²) in [4.78, 5) is 3.92. The third-order valence-corrected chi connectivity index (χ3v) is 3.14. The highest BCUT2D eigenvalue weighted by atomic mass is 35.5. The quantitative estimate of drug-likeness (QED) is 0.808. The van der Waals surface area contributed by atoms with Crippen molar-refractivity contribution in [3.05, 3.63) is 17.4 Å². The van der Waals surface area contributed by atoms with Crippen molar-refractivity contribution in [1.82, 2.24) is 4.98 Å². The molecule has 76 valence electrons. The molecule has 1 heterocycles. The van der Waals surface area contributed by atoms with Gasteiger partial charge in [-0.3, -0.25) is 4.98 Å². The number of halogens is 1. The third kappa shape index (κ3) is 1.64. The van der Waals surface area contributed by atoms with Crippen molar-refractivity contribution in [3.63, 3.8) is 0 Å². The van der Waals surface area contributed by atoms with Crippen molar-refractivity contribution in [3.8, 4) is 0 Å². The average Bonchev–Trinajstić information content (AvgIpc) is 2.93. The van der Waals surface area contributed by atoms with Gasteiger partial charge in [0.25, 0.3) is 0 Å². The van der Waals surface area contributed by atoms with Gasteiger partial charge >= 0.3 is 0 Å². The Morgan fingerprint density at radius 1 is 1.57 bits per heavy atom. The number of nitrogen functional groups attached to an aromatic ring is 1. The van der Waals surface area contributed by atoms with Crippen LogP contribution < -0.4 is 11.1 Å². The fourth-order valence-electron chi connectivity index (χ4n) is 1.56. The second-order valence-electron chi connectivity index (χ2n) is 3.84. The smallest absolute Gasteiger partial charge is 0.0842 e. The molecular formula is C10H14ClN3. The van der Waals surface area contributed by atoms with Crippen LogP contribution in [0.15, 0.2) is 12.4 Å². The van der Waals surface area contributed by atoms with Gasteiger partial charge in [0, 0.05) is 11.7 Å². The highest BCUT2D eigenvalue weighted by Crippen LogP contribution is 2.44. The molecule has 0 saturated heterocycles. The number of aromatic nitrogens is 1. The number of hydrogen-bond acceptors (Lipinski definition) is 3. The molecule has 3 nitrogen and oxygen atoms in total. The molecule has 1 aliphatic rings. The zero-order chi connectivity index (χ0) is 10.2. The number of hydrogen-bond donors (Lipinski definition) is 2. The Hall–Kier alpha value is -0.960. The lowest BCUT2D eigenvalue weighted by Gasteiger charge is -2.18. The molecule has 1 aliphatic carbocycles. The summed E-state index contributed by atoms with van der Waals surface area (Å²) in [5, 5.41) is 4.02. The Morgan fingerprint density at radius 2 is 2.29 bits per heavy atom. The minimum atomic E-state index is 0.235. The van der Waals surface area contributed by atoms with Gasteiger partial charge in [-0.15, -0.1) is 0 Å². The maximum absolute atomic E-state index is 6.02. The molecule has 0 amide bonds. The standard InChI is InChI=1S/C10H14ClN3/c1-2-10(3-4-10)14-9-7(11)5-13-6-8(9)12/h5-6H,2-4,12H2,1H3,(H,13,14). The highest BCUT2D eigenvalue weighted by molar-refractivity contribution is 6.33. The molecule has 1 aromatic rings. The molecule has 1 saturated carbocycles. The number of nitrogens with two attached hydrogens (primary N) is 1. The molecule has 1 fully saturated rings. The molecule has 0 aromatic carbocycles. The van der Waals surface area contributed by atoms with E-state index in [4.69, 9.17) is 17.3 Å². The summed E-state index contributed by atoms with van der Waals surface area (Å²) >= 11 is 6.02. The molecule has 4 heteroatoms. The first-order valence-electron chi connectivity index (χ1n) is 4.84. The number of nitrogens with zero attached hydrogens (tertiary/aromatic N) is 1. The van der Waals surface area contributed by atoms with Crippen LogP contribution in [0.4, 0.5) is 11.4 Å². The Labute approximate surface area is 88.7 Å². The molecule has 2 rings (SSSR count). The van der Waals surface area contributed by atoms with Crippen molar-refractivity contribution in [1.29, 1.82) is 0 Å². The van der Waals surface area contributed by atoms with Crippen molar-refractivity contribution >= 4 is 23.0 Å². The van der Waals surface area contributed by atoms with Crippen LogP contribution in [0.3, 0.4) is 0 Å². The monoisotopic (exact) mass is 211 g/mol. The number of rotatable bonds is 3. The summed E-state index contributed by atoms with van der Waals surface area (Å²) in [5.41, 5.74) is 7.49. The van der Waals surface area contributed by atoms with Crippen LogP contribution in [0, 0.1) is 0 Å². The van der Waals surface area contributed by atoms with E-state index in [0.717, 1.165) is 12.1 Å². The van der Waals surface area contributed by atoms with E-state index in [1.807, 2.05) is 0 Å². The SMILES string of the molecule is CCC1(Nc2c(N)cncc2Cl)CC1. The predicted octanol–water partition coefficient (Wildman–Crippen LogP) is 2.67. The number of anilines is 2. The molecule has 0 bridgehead atoms. The summed E-state index contributed by atoms with van der Waals surface area (Å²) in [6, 6.07) is 0. The Morgan fingerprint density at radius 3 is 2.79 bits per heavy atom. The van der Waals surface area contributed by atoms with Crippen LogP contribution in [-0.4, -0.2) is 10.5 Å². The van der Waals surface area contributed by atoms with E-state index in [1.165, 1.54) is 12.8 Å². The summed E-state index contributed by atoms with van der Waals surface area (Å²) in [6.45, 7) is 2.17. The van der Waals surface area contributed by atoms with Gasteiger partial charge in [-0.25, -0.2) is 0 Å². The van der Waals surface area contributed by atoms with Gasteiger partial charge in [0.05, 0.1) is 22.6 Å². The molecule has 0 radical (unpaired) electrons. The highest BCUT2D eigenvalue weighted by Gasteiger charge is 2.41. The Kier molecular flexibility index (Phi) is 2.27. The zero-order valence-corrected chi connectivity index (χ0v) is 8.93. The molecule has 1 aromatic heterocycles. The predicted molar refractivity (Wildman–Crippen MR) is 59.5 cm³/mol. The summed E-state index contributed by atoms with van der Waals surface area (Å²) in [7, 11) is 0. The van der Waals surface area contributed by atoms with Crippen LogP contribution >= 0.6 is 11.6 Å². The molecular weight excluding hydrogens is 198 g/mol. The molecule has 3 N–H and O–H groups in total. The summed E-state index contributed by atoms with van der Waals surface area (Å²) in [5.74, 6) is 0. The van der Waals surface area contributed by atoms with Gasteiger partial charge in [0.2, 0.25) is 0 Å². The van der Waals surface area contributed by atoms with Crippen LogP contribution in [0.5, 0.6) is 0 Å². The van der Waals surface area contributed by atoms with E-state index < -0.39 is 0 Å². The van der Waals surface area contributed by atoms with Gasteiger partial charge < -0.3 is 11.1 Å². The summed E-state index contributed by atoms with van der Waals surface area (Å²) in [6.07, 6.45) is 6.74. The van der Waals surface area contributed by atoms with Crippen LogP contribution in [0.25, 0.3) is 0 Å². The van der Waals surface area contributed by atoms with E-state index in [0.29, 0.717) is 10.7 Å². The van der Waals surface area contributed by atoms with Crippen molar-refractivity contribution in [2.24, 2.45) is 0 Å². The minimum Gasteiger partial charge on any atom is -0.396 e. The number of nitrogens with one attached hydrogen (secondary N) is 1. The second-order valence-corrected chi connectivity index (χ2v) is 4.25. The van der Waals surface area contributed by atoms with E-state index >= 15 is 0 Å². The van der Waals surface area contributed by atoms with Crippen molar-refractivity contribution < 1.29 is 0 Å². The van der Waals surface area contributed by atoms with Crippen LogP contribution in [0.1, 0.15) is 26.2 Å². The van der Waals surface area contributed by atoms with Gasteiger partial charge in [-0.1, -0.05) is 18.5 Å². The topological polar surface area (TPSA) is 50.9 Å². The second kappa shape index (κ2) is 3.31. The normalized spacial score (nSPS) is 17.9. The maximum atomic E-state index is 6.02. The molecule has 0 aliphatic heterocycles. The average molecular weight is 212 g/mol. The van der Waals surface area contributed by atoms with E-state index in [-0.39, 0.29) is 5.54 Å². The first kappa shape index (κ1) is 9.59. The fourth-order valence-corrected chi connectivity index (χ4v) is 1.78. The lowest BCUT2D eigenvalue weighted by Crippen LogP contribution is -2.20. The van der Waals surface area contributed by atoms with Gasteiger partial charge in [0.1, 0.15) is 0 Å². The summed E-state index contributed by atoms with van der Waals surface area (Å²) < 4.78 is 0. The Bertz CT molecular complexity index is 327. The van der Waals surface area contributed by atoms with Crippen molar-refractivity contribution in [2.75, 3.05) is 11.1 Å². The maximum Gasteiger partial charge on any atom is 0.0842 e. The third-order valence-electron chi connectivity index (χ3n) is 2.85. The van der Waals surface area contributed by atoms with E-state index in [9.17, 15) is 0 Å². The molecule has 0 unspecified atom stereocenters. The lowest BCUT2D eigenvalue weighted by molar-refractivity contribution is 0.702. The van der Waals surface area contributed by atoms with E-state index in [2.05, 4.69) is 17.2 Å². The largest absolute Gasteiger partial charge is 0.396 e. The molecule has 14 heavy (non-hydrogen) atoms. The van der Waals surface area contributed by atoms with Gasteiger partial charge in [-0.2, -0.15) is 0 Å². The zero-order valence-electron chi connectivity index (χ0n) is 8.18. The molecule has 0 atom stereocenters. The van der Waals surface area contributed by atoms with Crippen LogP contribution in [-0.2, 0) is 0 Å².